The van der Waals surface area contributed by atoms with Crippen LogP contribution in [0.2, 0.25) is 0 Å². The normalized spacial score (nSPS) is 16.5. The van der Waals surface area contributed by atoms with Gasteiger partial charge in [-0.05, 0) is 54.9 Å². The van der Waals surface area contributed by atoms with Crippen LogP contribution in [-0.2, 0) is 9.53 Å². The number of nitrogens with one attached hydrogen (secondary N) is 2. The van der Waals surface area contributed by atoms with E-state index in [4.69, 9.17) is 21.4 Å². The number of hydrogen-bond donors (Lipinski definition) is 2. The molecule has 8 heteroatoms. The van der Waals surface area contributed by atoms with Crippen LogP contribution in [-0.4, -0.2) is 35.5 Å². The molecule has 0 aliphatic carbocycles. The average Bonchev–Trinajstić information content (AvgIpc) is 3.25. The highest BCUT2D eigenvalue weighted by molar-refractivity contribution is 7.80. The van der Waals surface area contributed by atoms with Gasteiger partial charge in [0.15, 0.2) is 10.9 Å². The summed E-state index contributed by atoms with van der Waals surface area (Å²) in [4.78, 5) is 26.9. The van der Waals surface area contributed by atoms with Crippen molar-refractivity contribution in [3.63, 3.8) is 0 Å². The first-order chi connectivity index (χ1) is 14.3. The number of thiocarbonyl (C=S) groups is 1. The maximum atomic E-state index is 12.9. The quantitative estimate of drug-likeness (QED) is 0.535. The summed E-state index contributed by atoms with van der Waals surface area (Å²) in [5.74, 6) is -0.304. The highest BCUT2D eigenvalue weighted by atomic mass is 32.1. The van der Waals surface area contributed by atoms with E-state index in [0.29, 0.717) is 23.0 Å². The molecule has 1 aliphatic heterocycles. The molecule has 0 radical (unpaired) electrons. The number of allylic oxidation sites excluding steroid dienone is 1. The zero-order valence-corrected chi connectivity index (χ0v) is 18.2. The molecule has 1 aliphatic rings. The highest BCUT2D eigenvalue weighted by Crippen LogP contribution is 2.32. The van der Waals surface area contributed by atoms with E-state index >= 15 is 0 Å². The van der Waals surface area contributed by atoms with Gasteiger partial charge in [0, 0.05) is 18.4 Å². The molecule has 1 amide bonds. The van der Waals surface area contributed by atoms with Gasteiger partial charge in [-0.2, -0.15) is 0 Å². The summed E-state index contributed by atoms with van der Waals surface area (Å²) in [6.45, 7) is 6.14. The third-order valence-electron chi connectivity index (χ3n) is 4.74. The van der Waals surface area contributed by atoms with Crippen LogP contribution >= 0.6 is 12.2 Å². The van der Waals surface area contributed by atoms with Crippen LogP contribution in [0, 0.1) is 5.92 Å². The average molecular weight is 428 g/mol. The number of carbonyl (C=O) groups excluding carboxylic acids is 2. The van der Waals surface area contributed by atoms with E-state index < -0.39 is 12.0 Å². The van der Waals surface area contributed by atoms with Gasteiger partial charge in [-0.3, -0.25) is 4.79 Å². The molecule has 0 bridgehead atoms. The zero-order chi connectivity index (χ0) is 21.8. The third kappa shape index (κ3) is 4.71. The minimum atomic E-state index is -0.492. The van der Waals surface area contributed by atoms with E-state index in [-0.39, 0.29) is 17.6 Å². The lowest BCUT2D eigenvalue weighted by atomic mass is 9.94. The highest BCUT2D eigenvalue weighted by Gasteiger charge is 2.33. The molecule has 0 saturated heterocycles. The van der Waals surface area contributed by atoms with Crippen molar-refractivity contribution >= 4 is 34.9 Å². The van der Waals surface area contributed by atoms with Crippen molar-refractivity contribution in [1.29, 1.82) is 0 Å². The second-order valence-electron chi connectivity index (χ2n) is 7.49. The SMILES string of the molecule is CC1=C(C(=O)OCC(C)C)C(c2cccc(NC(=O)c3ccco3)c2)NC(=S)N1C. The van der Waals surface area contributed by atoms with Crippen LogP contribution in [0.4, 0.5) is 5.69 Å². The molecule has 7 nitrogen and oxygen atoms in total. The lowest BCUT2D eigenvalue weighted by Crippen LogP contribution is -2.46. The Balaban J connectivity index is 1.90. The van der Waals surface area contributed by atoms with Gasteiger partial charge in [-0.15, -0.1) is 0 Å². The molecule has 0 spiro atoms. The lowest BCUT2D eigenvalue weighted by Gasteiger charge is -2.35. The predicted molar refractivity (Wildman–Crippen MR) is 118 cm³/mol. The van der Waals surface area contributed by atoms with Crippen LogP contribution in [0.5, 0.6) is 0 Å². The summed E-state index contributed by atoms with van der Waals surface area (Å²) in [6, 6.07) is 10.00. The fourth-order valence-corrected chi connectivity index (χ4v) is 3.32. The number of hydrogen-bond acceptors (Lipinski definition) is 5. The Bertz CT molecular complexity index is 982. The molecule has 2 N–H and O–H groups in total. The van der Waals surface area contributed by atoms with Gasteiger partial charge in [0.2, 0.25) is 0 Å². The van der Waals surface area contributed by atoms with Crippen molar-refractivity contribution in [1.82, 2.24) is 10.2 Å². The first-order valence-electron chi connectivity index (χ1n) is 9.65. The molecule has 2 heterocycles. The number of nitrogens with zero attached hydrogens (tertiary/aromatic N) is 1. The number of anilines is 1. The van der Waals surface area contributed by atoms with Crippen molar-refractivity contribution in [2.24, 2.45) is 5.92 Å². The Kier molecular flexibility index (Phi) is 6.56. The summed E-state index contributed by atoms with van der Waals surface area (Å²) < 4.78 is 10.6. The molecular formula is C22H25N3O4S. The zero-order valence-electron chi connectivity index (χ0n) is 17.4. The molecule has 30 heavy (non-hydrogen) atoms. The first-order valence-corrected chi connectivity index (χ1v) is 10.1. The topological polar surface area (TPSA) is 83.8 Å². The molecule has 1 aromatic carbocycles. The Hall–Kier alpha value is -3.13. The summed E-state index contributed by atoms with van der Waals surface area (Å²) in [6.07, 6.45) is 1.44. The largest absolute Gasteiger partial charge is 0.462 e. The minimum absolute atomic E-state index is 0.215. The molecule has 2 aromatic rings. The minimum Gasteiger partial charge on any atom is -0.462 e. The number of benzene rings is 1. The molecule has 158 valence electrons. The lowest BCUT2D eigenvalue weighted by molar-refractivity contribution is -0.140. The van der Waals surface area contributed by atoms with Gasteiger partial charge in [0.05, 0.1) is 24.5 Å². The second-order valence-corrected chi connectivity index (χ2v) is 7.88. The van der Waals surface area contributed by atoms with Gasteiger partial charge in [0.1, 0.15) is 0 Å². The fourth-order valence-electron chi connectivity index (χ4n) is 3.07. The van der Waals surface area contributed by atoms with Gasteiger partial charge in [-0.1, -0.05) is 26.0 Å². The van der Waals surface area contributed by atoms with Crippen molar-refractivity contribution in [3.05, 3.63) is 65.3 Å². The summed E-state index contributed by atoms with van der Waals surface area (Å²) in [5.41, 5.74) is 2.57. The first kappa shape index (κ1) is 21.6. The maximum absolute atomic E-state index is 12.9. The van der Waals surface area contributed by atoms with E-state index in [9.17, 15) is 9.59 Å². The molecule has 1 atom stereocenters. The third-order valence-corrected chi connectivity index (χ3v) is 5.14. The van der Waals surface area contributed by atoms with Gasteiger partial charge < -0.3 is 24.7 Å². The van der Waals surface area contributed by atoms with E-state index in [1.807, 2.05) is 32.9 Å². The van der Waals surface area contributed by atoms with E-state index in [1.165, 1.54) is 6.26 Å². The second kappa shape index (κ2) is 9.13. The van der Waals surface area contributed by atoms with E-state index in [0.717, 1.165) is 11.3 Å². The number of rotatable bonds is 6. The fraction of sp³-hybridized carbons (Fsp3) is 0.318. The molecule has 1 aromatic heterocycles. The summed E-state index contributed by atoms with van der Waals surface area (Å²) in [7, 11) is 1.80. The number of carbonyl (C=O) groups is 2. The number of esters is 1. The van der Waals surface area contributed by atoms with Crippen molar-refractivity contribution in [2.45, 2.75) is 26.8 Å². The van der Waals surface area contributed by atoms with Gasteiger partial charge in [0.25, 0.3) is 5.91 Å². The molecule has 3 rings (SSSR count). The van der Waals surface area contributed by atoms with Crippen LogP contribution in [0.3, 0.4) is 0 Å². The van der Waals surface area contributed by atoms with Crippen LogP contribution < -0.4 is 10.6 Å². The number of furan rings is 1. The number of ether oxygens (including phenoxy) is 1. The van der Waals surface area contributed by atoms with Crippen LogP contribution in [0.15, 0.2) is 58.3 Å². The van der Waals surface area contributed by atoms with Gasteiger partial charge >= 0.3 is 5.97 Å². The van der Waals surface area contributed by atoms with Crippen molar-refractivity contribution < 1.29 is 18.7 Å². The molecule has 0 fully saturated rings. The standard InChI is InChI=1S/C22H25N3O4S/c1-13(2)12-29-21(27)18-14(3)25(4)22(30)24-19(18)15-7-5-8-16(11-15)23-20(26)17-9-6-10-28-17/h5-11,13,19H,12H2,1-4H3,(H,23,26)(H,24,30). The maximum Gasteiger partial charge on any atom is 0.338 e. The van der Waals surface area contributed by atoms with Crippen molar-refractivity contribution in [2.75, 3.05) is 19.0 Å². The summed E-state index contributed by atoms with van der Waals surface area (Å²) in [5, 5.41) is 6.51. The van der Waals surface area contributed by atoms with Crippen LogP contribution in [0.1, 0.15) is 42.9 Å². The number of amides is 1. The van der Waals surface area contributed by atoms with Gasteiger partial charge in [-0.25, -0.2) is 4.79 Å². The Morgan fingerprint density at radius 1 is 1.30 bits per heavy atom. The van der Waals surface area contributed by atoms with Crippen LogP contribution in [0.25, 0.3) is 0 Å². The van der Waals surface area contributed by atoms with E-state index in [2.05, 4.69) is 10.6 Å². The monoisotopic (exact) mass is 427 g/mol. The summed E-state index contributed by atoms with van der Waals surface area (Å²) >= 11 is 5.43. The predicted octanol–water partition coefficient (Wildman–Crippen LogP) is 3.87. The smallest absolute Gasteiger partial charge is 0.338 e. The molecular weight excluding hydrogens is 402 g/mol. The van der Waals surface area contributed by atoms with E-state index in [1.54, 1.807) is 36.2 Å². The Morgan fingerprint density at radius 2 is 2.07 bits per heavy atom. The van der Waals surface area contributed by atoms with Crippen molar-refractivity contribution in [3.8, 4) is 0 Å². The molecule has 0 saturated carbocycles. The molecule has 1 unspecified atom stereocenters. The Morgan fingerprint density at radius 3 is 2.73 bits per heavy atom. The Labute approximate surface area is 181 Å².